The minimum atomic E-state index is -2.71. The van der Waals surface area contributed by atoms with Crippen LogP contribution in [0.2, 0.25) is 6.04 Å². The fraction of sp³-hybridized carbons (Fsp3) is 0.391. The number of urea groups is 1. The van der Waals surface area contributed by atoms with Crippen LogP contribution in [0.4, 0.5) is 10.5 Å². The number of fused-ring (bicyclic) bond motifs is 1. The van der Waals surface area contributed by atoms with Gasteiger partial charge in [-0.3, -0.25) is 0 Å². The third-order valence-electron chi connectivity index (χ3n) is 4.82. The molecule has 0 saturated heterocycles. The van der Waals surface area contributed by atoms with Gasteiger partial charge >= 0.3 is 14.8 Å². The first kappa shape index (κ1) is 25.1. The van der Waals surface area contributed by atoms with Gasteiger partial charge in [0, 0.05) is 38.1 Å². The van der Waals surface area contributed by atoms with Crippen LogP contribution in [-0.2, 0) is 13.3 Å². The number of amides is 2. The lowest BCUT2D eigenvalue weighted by molar-refractivity contribution is 0.0708. The highest BCUT2D eigenvalue weighted by Crippen LogP contribution is 2.36. The molecule has 2 aromatic carbocycles. The van der Waals surface area contributed by atoms with Gasteiger partial charge in [0.05, 0.1) is 15.8 Å². The SMILES string of the molecule is CCO[Si](CCCNC(=O)Nc1ccc(O)c(-c2nc3ccccc3s2)c1)(OCC)OCC. The lowest BCUT2D eigenvalue weighted by Gasteiger charge is -2.28. The molecule has 0 atom stereocenters. The molecule has 0 bridgehead atoms. The number of phenolic OH excluding ortho intramolecular Hbond substituents is 1. The molecule has 0 aliphatic carbocycles. The highest BCUT2D eigenvalue weighted by molar-refractivity contribution is 7.21. The average Bonchev–Trinajstić information content (AvgIpc) is 3.23. The minimum absolute atomic E-state index is 0.115. The second-order valence-corrected chi connectivity index (χ2v) is 10.9. The summed E-state index contributed by atoms with van der Waals surface area (Å²) in [6.45, 7) is 7.80. The zero-order valence-electron chi connectivity index (χ0n) is 19.2. The molecule has 8 nitrogen and oxygen atoms in total. The maximum Gasteiger partial charge on any atom is 0.500 e. The van der Waals surface area contributed by atoms with Crippen LogP contribution >= 0.6 is 11.3 Å². The van der Waals surface area contributed by atoms with Crippen molar-refractivity contribution < 1.29 is 23.2 Å². The predicted molar refractivity (Wildman–Crippen MR) is 134 cm³/mol. The van der Waals surface area contributed by atoms with Crippen LogP contribution in [0.25, 0.3) is 20.8 Å². The van der Waals surface area contributed by atoms with Crippen molar-refractivity contribution in [2.45, 2.75) is 33.2 Å². The van der Waals surface area contributed by atoms with Gasteiger partial charge in [0.15, 0.2) is 0 Å². The zero-order valence-corrected chi connectivity index (χ0v) is 21.0. The predicted octanol–water partition coefficient (Wildman–Crippen LogP) is 5.23. The summed E-state index contributed by atoms with van der Waals surface area (Å²) in [4.78, 5) is 17.0. The summed E-state index contributed by atoms with van der Waals surface area (Å²) in [5.41, 5.74) is 2.02. The van der Waals surface area contributed by atoms with Gasteiger partial charge in [0.1, 0.15) is 10.8 Å². The Morgan fingerprint density at radius 1 is 1.06 bits per heavy atom. The Hall–Kier alpha value is -2.50. The Bertz CT molecular complexity index is 1010. The Morgan fingerprint density at radius 2 is 1.76 bits per heavy atom. The van der Waals surface area contributed by atoms with Gasteiger partial charge < -0.3 is 29.0 Å². The Labute approximate surface area is 199 Å². The summed E-state index contributed by atoms with van der Waals surface area (Å²) >= 11 is 1.49. The van der Waals surface area contributed by atoms with Crippen LogP contribution in [-0.4, -0.2) is 51.3 Å². The molecular formula is C23H31N3O5SSi. The molecule has 0 aliphatic rings. The molecule has 0 fully saturated rings. The number of nitrogens with one attached hydrogen (secondary N) is 2. The van der Waals surface area contributed by atoms with E-state index in [0.29, 0.717) is 55.1 Å². The maximum atomic E-state index is 12.4. The second kappa shape index (κ2) is 12.1. The standard InChI is InChI=1S/C23H31N3O5SSi/c1-4-29-33(30-5-2,31-6-3)15-9-14-24-23(28)25-17-12-13-20(27)18(16-17)22-26-19-10-7-8-11-21(19)32-22/h7-8,10-13,16,27H,4-6,9,14-15H2,1-3H3,(H2,24,25,28). The number of hydrogen-bond acceptors (Lipinski definition) is 7. The molecule has 3 rings (SSSR count). The number of phenols is 1. The summed E-state index contributed by atoms with van der Waals surface area (Å²) in [6.07, 6.45) is 0.673. The van der Waals surface area contributed by atoms with E-state index in [1.165, 1.54) is 11.3 Å². The maximum absolute atomic E-state index is 12.4. The smallest absolute Gasteiger partial charge is 0.500 e. The number of aromatic nitrogens is 1. The molecule has 10 heteroatoms. The third-order valence-corrected chi connectivity index (χ3v) is 9.04. The fourth-order valence-electron chi connectivity index (χ4n) is 3.46. The number of para-hydroxylation sites is 1. The van der Waals surface area contributed by atoms with Crippen LogP contribution in [0.15, 0.2) is 42.5 Å². The summed E-state index contributed by atoms with van der Waals surface area (Å²) < 4.78 is 18.6. The van der Waals surface area contributed by atoms with Gasteiger partial charge in [-0.15, -0.1) is 11.3 Å². The Kier molecular flexibility index (Phi) is 9.21. The topological polar surface area (TPSA) is 102 Å². The third kappa shape index (κ3) is 6.75. The molecule has 1 heterocycles. The van der Waals surface area contributed by atoms with Crippen molar-refractivity contribution in [1.82, 2.24) is 10.3 Å². The molecule has 0 saturated carbocycles. The van der Waals surface area contributed by atoms with E-state index in [9.17, 15) is 9.90 Å². The summed E-state index contributed by atoms with van der Waals surface area (Å²) in [5.74, 6) is 0.115. The second-order valence-electron chi connectivity index (χ2n) is 7.19. The zero-order chi connectivity index (χ0) is 23.7. The van der Waals surface area contributed by atoms with Crippen molar-refractivity contribution >= 4 is 42.1 Å². The Morgan fingerprint density at radius 3 is 2.42 bits per heavy atom. The molecule has 3 aromatic rings. The molecule has 0 spiro atoms. The van der Waals surface area contributed by atoms with E-state index in [4.69, 9.17) is 13.3 Å². The van der Waals surface area contributed by atoms with Crippen molar-refractivity contribution in [2.75, 3.05) is 31.7 Å². The molecule has 178 valence electrons. The minimum Gasteiger partial charge on any atom is -0.507 e. The number of anilines is 1. The van der Waals surface area contributed by atoms with Crippen molar-refractivity contribution in [3.05, 3.63) is 42.5 Å². The first-order chi connectivity index (χ1) is 16.0. The van der Waals surface area contributed by atoms with Crippen LogP contribution in [0.1, 0.15) is 27.2 Å². The number of carbonyl (C=O) groups is 1. The molecular weight excluding hydrogens is 458 g/mol. The van der Waals surface area contributed by atoms with Gasteiger partial charge in [0.2, 0.25) is 0 Å². The normalized spacial score (nSPS) is 11.6. The van der Waals surface area contributed by atoms with E-state index >= 15 is 0 Å². The van der Waals surface area contributed by atoms with Crippen LogP contribution in [0, 0.1) is 0 Å². The number of nitrogens with zero attached hydrogens (tertiary/aromatic N) is 1. The highest BCUT2D eigenvalue weighted by atomic mass is 32.1. The van der Waals surface area contributed by atoms with E-state index in [2.05, 4.69) is 15.6 Å². The van der Waals surface area contributed by atoms with Gasteiger partial charge in [0.25, 0.3) is 0 Å². The molecule has 0 radical (unpaired) electrons. The van der Waals surface area contributed by atoms with Crippen LogP contribution in [0.5, 0.6) is 5.75 Å². The van der Waals surface area contributed by atoms with Gasteiger partial charge in [-0.05, 0) is 57.5 Å². The average molecular weight is 490 g/mol. The monoisotopic (exact) mass is 489 g/mol. The van der Waals surface area contributed by atoms with E-state index in [-0.39, 0.29) is 11.8 Å². The lowest BCUT2D eigenvalue weighted by atomic mass is 10.2. The fourth-order valence-corrected chi connectivity index (χ4v) is 7.06. The molecule has 2 amide bonds. The first-order valence-electron chi connectivity index (χ1n) is 11.2. The summed E-state index contributed by atoms with van der Waals surface area (Å²) in [6, 6.07) is 13.0. The van der Waals surface area contributed by atoms with E-state index in [1.807, 2.05) is 45.0 Å². The number of aromatic hydroxyl groups is 1. The van der Waals surface area contributed by atoms with Crippen molar-refractivity contribution in [1.29, 1.82) is 0 Å². The highest BCUT2D eigenvalue weighted by Gasteiger charge is 2.39. The molecule has 33 heavy (non-hydrogen) atoms. The largest absolute Gasteiger partial charge is 0.507 e. The quantitative estimate of drug-likeness (QED) is 0.183. The lowest BCUT2D eigenvalue weighted by Crippen LogP contribution is -2.46. The molecule has 0 aliphatic heterocycles. The van der Waals surface area contributed by atoms with Gasteiger partial charge in [-0.25, -0.2) is 9.78 Å². The number of rotatable bonds is 12. The Balaban J connectivity index is 1.57. The van der Waals surface area contributed by atoms with Crippen molar-refractivity contribution in [3.8, 4) is 16.3 Å². The summed E-state index contributed by atoms with van der Waals surface area (Å²) in [5, 5.41) is 16.7. The van der Waals surface area contributed by atoms with Crippen molar-refractivity contribution in [3.63, 3.8) is 0 Å². The first-order valence-corrected chi connectivity index (χ1v) is 13.9. The molecule has 1 aromatic heterocycles. The van der Waals surface area contributed by atoms with Gasteiger partial charge in [-0.1, -0.05) is 12.1 Å². The number of thiazole rings is 1. The number of carbonyl (C=O) groups excluding carboxylic acids is 1. The number of hydrogen-bond donors (Lipinski definition) is 3. The van der Waals surface area contributed by atoms with Gasteiger partial charge in [-0.2, -0.15) is 0 Å². The van der Waals surface area contributed by atoms with E-state index in [0.717, 1.165) is 10.2 Å². The van der Waals surface area contributed by atoms with Crippen LogP contribution in [0.3, 0.4) is 0 Å². The molecule has 3 N–H and O–H groups in total. The summed E-state index contributed by atoms with van der Waals surface area (Å²) in [7, 11) is -2.71. The van der Waals surface area contributed by atoms with Crippen LogP contribution < -0.4 is 10.6 Å². The number of benzene rings is 2. The van der Waals surface area contributed by atoms with Crippen molar-refractivity contribution in [2.24, 2.45) is 0 Å². The molecule has 0 unspecified atom stereocenters. The van der Waals surface area contributed by atoms with E-state index in [1.54, 1.807) is 18.2 Å². The van der Waals surface area contributed by atoms with E-state index < -0.39 is 8.80 Å².